The van der Waals surface area contributed by atoms with E-state index in [0.717, 1.165) is 12.5 Å². The number of hydrogen-bond donors (Lipinski definition) is 2. The van der Waals surface area contributed by atoms with Crippen molar-refractivity contribution in [3.05, 3.63) is 23.8 Å². The molecule has 7 nitrogen and oxygen atoms in total. The molecule has 172 valence electrons. The third-order valence-corrected chi connectivity index (χ3v) is 7.87. The zero-order chi connectivity index (χ0) is 22.8. The lowest BCUT2D eigenvalue weighted by Gasteiger charge is -2.37. The first-order valence-electron chi connectivity index (χ1n) is 10.9. The summed E-state index contributed by atoms with van der Waals surface area (Å²) in [7, 11) is -1.79. The molecular weight excluding hydrogens is 416 g/mol. The predicted molar refractivity (Wildman–Crippen MR) is 119 cm³/mol. The second-order valence-corrected chi connectivity index (χ2v) is 10.9. The number of aliphatic hydroxyl groups is 2. The predicted octanol–water partition coefficient (Wildman–Crippen LogP) is 1.53. The maximum absolute atomic E-state index is 13.4. The van der Waals surface area contributed by atoms with Gasteiger partial charge in [-0.05, 0) is 57.9 Å². The number of nitrogens with zero attached hydrogens (tertiary/aromatic N) is 2. The van der Waals surface area contributed by atoms with Gasteiger partial charge in [-0.25, -0.2) is 8.42 Å². The highest BCUT2D eigenvalue weighted by molar-refractivity contribution is 7.89. The summed E-state index contributed by atoms with van der Waals surface area (Å²) < 4.78 is 34.6. The van der Waals surface area contributed by atoms with Crippen LogP contribution in [0.4, 0.5) is 0 Å². The van der Waals surface area contributed by atoms with Crippen LogP contribution in [0.25, 0.3) is 0 Å². The molecule has 4 atom stereocenters. The normalized spacial score (nSPS) is 25.4. The molecule has 0 amide bonds. The molecule has 1 aromatic carbocycles. The lowest BCUT2D eigenvalue weighted by Crippen LogP contribution is -2.49. The topological polar surface area (TPSA) is 90.3 Å². The van der Waals surface area contributed by atoms with Gasteiger partial charge in [0.2, 0.25) is 10.0 Å². The highest BCUT2D eigenvalue weighted by atomic mass is 32.2. The Labute approximate surface area is 186 Å². The quantitative estimate of drug-likeness (QED) is 0.639. The number of hydrogen-bond acceptors (Lipinski definition) is 6. The Morgan fingerprint density at radius 2 is 2.00 bits per heavy atom. The molecule has 2 N–H and O–H groups in total. The summed E-state index contributed by atoms with van der Waals surface area (Å²) >= 11 is 0. The van der Waals surface area contributed by atoms with Crippen molar-refractivity contribution in [3.63, 3.8) is 0 Å². The number of fused-ring (bicyclic) bond motifs is 1. The molecule has 3 rings (SSSR count). The molecule has 0 bridgehead atoms. The zero-order valence-corrected chi connectivity index (χ0v) is 19.6. The molecule has 2 aliphatic rings. The van der Waals surface area contributed by atoms with Crippen LogP contribution in [-0.2, 0) is 10.0 Å². The van der Waals surface area contributed by atoms with Crippen LogP contribution in [-0.4, -0.2) is 79.4 Å². The number of likely N-dealkylation sites (N-methyl/N-ethyl adjacent to an activating group) is 1. The van der Waals surface area contributed by atoms with E-state index in [1.165, 1.54) is 23.2 Å². The van der Waals surface area contributed by atoms with Gasteiger partial charge in [-0.15, -0.1) is 0 Å². The average molecular weight is 451 g/mol. The lowest BCUT2D eigenvalue weighted by molar-refractivity contribution is 0.0740. The Kier molecular flexibility index (Phi) is 7.66. The molecule has 0 spiro atoms. The lowest BCUT2D eigenvalue weighted by atomic mass is 10.0. The monoisotopic (exact) mass is 450 g/mol. The second kappa shape index (κ2) is 9.88. The van der Waals surface area contributed by atoms with Crippen molar-refractivity contribution in [2.24, 2.45) is 11.8 Å². The highest BCUT2D eigenvalue weighted by Gasteiger charge is 2.38. The molecule has 1 saturated carbocycles. The Balaban J connectivity index is 2.00. The van der Waals surface area contributed by atoms with Crippen molar-refractivity contribution >= 4 is 10.0 Å². The first-order chi connectivity index (χ1) is 14.6. The zero-order valence-electron chi connectivity index (χ0n) is 18.8. The summed E-state index contributed by atoms with van der Waals surface area (Å²) in [5.41, 5.74) is 0.579. The third kappa shape index (κ3) is 5.99. The van der Waals surface area contributed by atoms with Crippen molar-refractivity contribution in [1.29, 1.82) is 0 Å². The van der Waals surface area contributed by atoms with Gasteiger partial charge in [-0.3, -0.25) is 0 Å². The summed E-state index contributed by atoms with van der Waals surface area (Å²) in [6.07, 6.45) is 1.53. The molecule has 31 heavy (non-hydrogen) atoms. The van der Waals surface area contributed by atoms with Crippen LogP contribution < -0.4 is 4.74 Å². The number of aliphatic hydroxyl groups excluding tert-OH is 2. The van der Waals surface area contributed by atoms with Gasteiger partial charge in [0.05, 0.1) is 6.61 Å². The molecule has 0 radical (unpaired) electrons. The van der Waals surface area contributed by atoms with Gasteiger partial charge in [-0.2, -0.15) is 4.31 Å². The Morgan fingerprint density at radius 3 is 2.61 bits per heavy atom. The second-order valence-electron chi connectivity index (χ2n) is 9.01. The first-order valence-corrected chi connectivity index (χ1v) is 12.4. The van der Waals surface area contributed by atoms with Gasteiger partial charge in [0.25, 0.3) is 0 Å². The van der Waals surface area contributed by atoms with Crippen molar-refractivity contribution in [2.75, 3.05) is 33.3 Å². The van der Waals surface area contributed by atoms with E-state index in [1.807, 2.05) is 6.92 Å². The van der Waals surface area contributed by atoms with Crippen LogP contribution in [0.1, 0.15) is 39.2 Å². The number of sulfonamides is 1. The summed E-state index contributed by atoms with van der Waals surface area (Å²) in [4.78, 5) is 2.34. The smallest absolute Gasteiger partial charge is 0.247 e. The van der Waals surface area contributed by atoms with E-state index in [-0.39, 0.29) is 35.8 Å². The van der Waals surface area contributed by atoms with E-state index < -0.39 is 22.2 Å². The summed E-state index contributed by atoms with van der Waals surface area (Å²) in [5.74, 6) is 6.48. The van der Waals surface area contributed by atoms with E-state index in [4.69, 9.17) is 4.74 Å². The fourth-order valence-electron chi connectivity index (χ4n) is 3.83. The summed E-state index contributed by atoms with van der Waals surface area (Å²) in [6.45, 7) is 6.98. The van der Waals surface area contributed by atoms with Gasteiger partial charge >= 0.3 is 0 Å². The number of ether oxygens (including phenoxy) is 1. The molecule has 0 saturated heterocycles. The van der Waals surface area contributed by atoms with Crippen LogP contribution >= 0.6 is 0 Å². The maximum atomic E-state index is 13.4. The fraction of sp³-hybridized carbons (Fsp3) is 0.652. The average Bonchev–Trinajstić information content (AvgIpc) is 3.52. The van der Waals surface area contributed by atoms with Crippen molar-refractivity contribution in [1.82, 2.24) is 9.21 Å². The Morgan fingerprint density at radius 1 is 1.29 bits per heavy atom. The maximum Gasteiger partial charge on any atom is 0.247 e. The fourth-order valence-corrected chi connectivity index (χ4v) is 5.66. The Hall–Kier alpha value is -1.63. The highest BCUT2D eigenvalue weighted by Crippen LogP contribution is 2.35. The standard InChI is InChI=1S/C23H34N2O5S/c1-16-12-25(17(2)15-26)31(28,29)23-10-9-19(6-5-18(3)27)11-21(23)30-22(16)14-24(4)13-20-7-8-20/h9-11,16-18,20,22,26-27H,7-8,12-15H2,1-4H3/t16-,17-,18+,22+/m0/s1. The van der Waals surface area contributed by atoms with E-state index >= 15 is 0 Å². The summed E-state index contributed by atoms with van der Waals surface area (Å²) in [5, 5.41) is 19.2. The summed E-state index contributed by atoms with van der Waals surface area (Å²) in [6, 6.07) is 4.22. The Bertz CT molecular complexity index is 933. The van der Waals surface area contributed by atoms with Crippen LogP contribution in [0, 0.1) is 23.7 Å². The minimum absolute atomic E-state index is 0.0780. The number of benzene rings is 1. The van der Waals surface area contributed by atoms with Crippen molar-refractivity contribution in [3.8, 4) is 17.6 Å². The minimum Gasteiger partial charge on any atom is -0.487 e. The van der Waals surface area contributed by atoms with Gasteiger partial charge in [-0.1, -0.05) is 18.8 Å². The minimum atomic E-state index is -3.86. The molecule has 1 aliphatic heterocycles. The molecular formula is C23H34N2O5S. The molecule has 1 aromatic rings. The van der Waals surface area contributed by atoms with E-state index in [9.17, 15) is 18.6 Å². The molecule has 1 fully saturated rings. The van der Waals surface area contributed by atoms with Crippen molar-refractivity contribution in [2.45, 2.75) is 56.8 Å². The SMILES string of the molecule is C[C@@H](O)C#Cc1ccc2c(c1)O[C@H](CN(C)CC1CC1)[C@@H](C)CN([C@@H](C)CO)S2(=O)=O. The van der Waals surface area contributed by atoms with E-state index in [2.05, 4.69) is 23.8 Å². The van der Waals surface area contributed by atoms with Crippen molar-refractivity contribution < 1.29 is 23.4 Å². The molecule has 8 heteroatoms. The molecule has 1 aliphatic carbocycles. The van der Waals surface area contributed by atoms with E-state index in [0.29, 0.717) is 12.1 Å². The van der Waals surface area contributed by atoms with Gasteiger partial charge in [0, 0.05) is 37.2 Å². The van der Waals surface area contributed by atoms with Gasteiger partial charge < -0.3 is 19.8 Å². The van der Waals surface area contributed by atoms with Crippen LogP contribution in [0.5, 0.6) is 5.75 Å². The molecule has 0 aromatic heterocycles. The molecule has 0 unspecified atom stereocenters. The van der Waals surface area contributed by atoms with Crippen LogP contribution in [0.3, 0.4) is 0 Å². The third-order valence-electron chi connectivity index (χ3n) is 5.85. The van der Waals surface area contributed by atoms with Crippen LogP contribution in [0.15, 0.2) is 23.1 Å². The molecule has 1 heterocycles. The first kappa shape index (κ1) is 24.0. The van der Waals surface area contributed by atoms with Crippen LogP contribution in [0.2, 0.25) is 0 Å². The number of rotatable bonds is 6. The van der Waals surface area contributed by atoms with Gasteiger partial charge in [0.1, 0.15) is 22.9 Å². The van der Waals surface area contributed by atoms with E-state index in [1.54, 1.807) is 26.0 Å². The van der Waals surface area contributed by atoms with Gasteiger partial charge in [0.15, 0.2) is 0 Å². The largest absolute Gasteiger partial charge is 0.487 e.